The number of hydrogen-bond acceptors (Lipinski definition) is 3. The fraction of sp³-hybridized carbons (Fsp3) is 0.545. The molecule has 1 fully saturated rings. The molecule has 1 aliphatic rings. The minimum absolute atomic E-state index is 0.0817. The topological polar surface area (TPSA) is 59.1 Å². The largest absolute Gasteiger partial charge is 0.261 e. The monoisotopic (exact) mass is 258 g/mol. The van der Waals surface area contributed by atoms with Gasteiger partial charge in [-0.1, -0.05) is 6.92 Å². The third kappa shape index (κ3) is 2.63. The SMILES string of the molecule is CCC1(CNS(=O)(=O)c2ncccc2F)CC1. The van der Waals surface area contributed by atoms with Crippen LogP contribution in [0.2, 0.25) is 0 Å². The Morgan fingerprint density at radius 3 is 2.76 bits per heavy atom. The minimum atomic E-state index is -3.83. The van der Waals surface area contributed by atoms with Crippen LogP contribution >= 0.6 is 0 Å². The minimum Gasteiger partial charge on any atom is -0.241 e. The van der Waals surface area contributed by atoms with E-state index in [1.807, 2.05) is 6.92 Å². The van der Waals surface area contributed by atoms with Crippen molar-refractivity contribution >= 4 is 10.0 Å². The van der Waals surface area contributed by atoms with E-state index in [2.05, 4.69) is 9.71 Å². The Balaban J connectivity index is 2.12. The highest BCUT2D eigenvalue weighted by molar-refractivity contribution is 7.89. The van der Waals surface area contributed by atoms with E-state index in [1.54, 1.807) is 0 Å². The van der Waals surface area contributed by atoms with Crippen LogP contribution < -0.4 is 4.72 Å². The van der Waals surface area contributed by atoms with E-state index in [9.17, 15) is 12.8 Å². The van der Waals surface area contributed by atoms with Crippen molar-refractivity contribution < 1.29 is 12.8 Å². The lowest BCUT2D eigenvalue weighted by Gasteiger charge is -2.13. The lowest BCUT2D eigenvalue weighted by Crippen LogP contribution is -2.31. The second kappa shape index (κ2) is 4.34. The molecular weight excluding hydrogens is 243 g/mol. The van der Waals surface area contributed by atoms with E-state index in [0.717, 1.165) is 25.3 Å². The Morgan fingerprint density at radius 2 is 2.24 bits per heavy atom. The molecule has 0 unspecified atom stereocenters. The molecular formula is C11H15FN2O2S. The van der Waals surface area contributed by atoms with Crippen LogP contribution in [0.15, 0.2) is 23.4 Å². The van der Waals surface area contributed by atoms with Crippen molar-refractivity contribution in [3.05, 3.63) is 24.1 Å². The number of aromatic nitrogens is 1. The number of pyridine rings is 1. The summed E-state index contributed by atoms with van der Waals surface area (Å²) < 4.78 is 39.4. The van der Waals surface area contributed by atoms with Gasteiger partial charge in [0.25, 0.3) is 10.0 Å². The molecule has 0 spiro atoms. The molecule has 17 heavy (non-hydrogen) atoms. The number of halogens is 1. The van der Waals surface area contributed by atoms with Crippen molar-refractivity contribution in [2.75, 3.05) is 6.54 Å². The van der Waals surface area contributed by atoms with Crippen LogP contribution in [-0.4, -0.2) is 19.9 Å². The van der Waals surface area contributed by atoms with Crippen LogP contribution in [0.1, 0.15) is 26.2 Å². The van der Waals surface area contributed by atoms with Crippen molar-refractivity contribution in [3.63, 3.8) is 0 Å². The van der Waals surface area contributed by atoms with E-state index in [4.69, 9.17) is 0 Å². The van der Waals surface area contributed by atoms with Crippen molar-refractivity contribution in [1.82, 2.24) is 9.71 Å². The summed E-state index contributed by atoms with van der Waals surface area (Å²) in [6.45, 7) is 2.39. The van der Waals surface area contributed by atoms with Crippen molar-refractivity contribution in [2.45, 2.75) is 31.2 Å². The van der Waals surface area contributed by atoms with Gasteiger partial charge in [-0.25, -0.2) is 22.5 Å². The summed E-state index contributed by atoms with van der Waals surface area (Å²) in [5.74, 6) is -0.818. The van der Waals surface area contributed by atoms with Gasteiger partial charge in [0.05, 0.1) is 0 Å². The smallest absolute Gasteiger partial charge is 0.241 e. The Kier molecular flexibility index (Phi) is 3.18. The van der Waals surface area contributed by atoms with Gasteiger partial charge in [0.15, 0.2) is 5.82 Å². The summed E-state index contributed by atoms with van der Waals surface area (Å²) in [5, 5.41) is -0.521. The molecule has 1 aliphatic carbocycles. The normalized spacial score (nSPS) is 18.0. The molecule has 0 saturated heterocycles. The number of rotatable bonds is 5. The van der Waals surface area contributed by atoms with Crippen LogP contribution in [0.25, 0.3) is 0 Å². The summed E-state index contributed by atoms with van der Waals surface area (Å²) in [6.07, 6.45) is 4.25. The van der Waals surface area contributed by atoms with Gasteiger partial charge in [0, 0.05) is 12.7 Å². The van der Waals surface area contributed by atoms with Crippen molar-refractivity contribution in [1.29, 1.82) is 0 Å². The molecule has 0 radical (unpaired) electrons. The van der Waals surface area contributed by atoms with Gasteiger partial charge in [-0.05, 0) is 36.8 Å². The molecule has 0 aliphatic heterocycles. The number of nitrogens with one attached hydrogen (secondary N) is 1. The third-order valence-electron chi connectivity index (χ3n) is 3.32. The maximum Gasteiger partial charge on any atom is 0.261 e. The molecule has 1 aromatic heterocycles. The van der Waals surface area contributed by atoms with Gasteiger partial charge < -0.3 is 0 Å². The Labute approximate surface area is 100 Å². The molecule has 0 amide bonds. The first-order chi connectivity index (χ1) is 7.99. The van der Waals surface area contributed by atoms with Crippen molar-refractivity contribution in [3.8, 4) is 0 Å². The predicted molar refractivity (Wildman–Crippen MR) is 61.3 cm³/mol. The standard InChI is InChI=1S/C11H15FN2O2S/c1-2-11(5-6-11)8-14-17(15,16)10-9(12)4-3-7-13-10/h3-4,7,14H,2,5-6,8H2,1H3. The highest BCUT2D eigenvalue weighted by Gasteiger charge is 2.41. The molecule has 1 N–H and O–H groups in total. The van der Waals surface area contributed by atoms with Gasteiger partial charge in [-0.15, -0.1) is 0 Å². The Bertz CT molecular complexity index is 512. The fourth-order valence-corrected chi connectivity index (χ4v) is 2.87. The van der Waals surface area contributed by atoms with Crippen molar-refractivity contribution in [2.24, 2.45) is 5.41 Å². The van der Waals surface area contributed by atoms with Gasteiger partial charge in [-0.2, -0.15) is 0 Å². The fourth-order valence-electron chi connectivity index (χ4n) is 1.72. The van der Waals surface area contributed by atoms with Crippen LogP contribution in [0, 0.1) is 11.2 Å². The third-order valence-corrected chi connectivity index (χ3v) is 4.66. The van der Waals surface area contributed by atoms with Crippen LogP contribution in [0.5, 0.6) is 0 Å². The van der Waals surface area contributed by atoms with Gasteiger partial charge in [0.1, 0.15) is 0 Å². The van der Waals surface area contributed by atoms with E-state index in [-0.39, 0.29) is 5.41 Å². The summed E-state index contributed by atoms with van der Waals surface area (Å²) >= 11 is 0. The van der Waals surface area contributed by atoms with E-state index in [1.165, 1.54) is 12.3 Å². The molecule has 4 nitrogen and oxygen atoms in total. The first-order valence-electron chi connectivity index (χ1n) is 5.59. The summed E-state index contributed by atoms with van der Waals surface area (Å²) in [5.41, 5.74) is 0.0817. The second-order valence-electron chi connectivity index (χ2n) is 4.47. The van der Waals surface area contributed by atoms with Gasteiger partial charge in [-0.3, -0.25) is 0 Å². The first-order valence-corrected chi connectivity index (χ1v) is 7.08. The molecule has 0 atom stereocenters. The van der Waals surface area contributed by atoms with Gasteiger partial charge in [0.2, 0.25) is 5.03 Å². The molecule has 0 bridgehead atoms. The van der Waals surface area contributed by atoms with Gasteiger partial charge >= 0.3 is 0 Å². The molecule has 1 aromatic rings. The lowest BCUT2D eigenvalue weighted by atomic mass is 10.1. The molecule has 1 saturated carbocycles. The van der Waals surface area contributed by atoms with Crippen LogP contribution in [0.4, 0.5) is 4.39 Å². The van der Waals surface area contributed by atoms with E-state index in [0.29, 0.717) is 6.54 Å². The zero-order valence-electron chi connectivity index (χ0n) is 9.61. The number of nitrogens with zero attached hydrogens (tertiary/aromatic N) is 1. The molecule has 2 rings (SSSR count). The average molecular weight is 258 g/mol. The Morgan fingerprint density at radius 1 is 1.53 bits per heavy atom. The number of sulfonamides is 1. The summed E-state index contributed by atoms with van der Waals surface area (Å²) in [7, 11) is -3.83. The molecule has 6 heteroatoms. The van der Waals surface area contributed by atoms with E-state index >= 15 is 0 Å². The highest BCUT2D eigenvalue weighted by Crippen LogP contribution is 2.48. The van der Waals surface area contributed by atoms with Crippen LogP contribution in [0.3, 0.4) is 0 Å². The quantitative estimate of drug-likeness (QED) is 0.874. The summed E-state index contributed by atoms with van der Waals surface area (Å²) in [6, 6.07) is 2.46. The van der Waals surface area contributed by atoms with Crippen LogP contribution in [-0.2, 0) is 10.0 Å². The highest BCUT2D eigenvalue weighted by atomic mass is 32.2. The lowest BCUT2D eigenvalue weighted by molar-refractivity contribution is 0.472. The second-order valence-corrected chi connectivity index (χ2v) is 6.15. The molecule has 1 heterocycles. The molecule has 0 aromatic carbocycles. The maximum atomic E-state index is 13.3. The molecule has 94 valence electrons. The average Bonchev–Trinajstić information content (AvgIpc) is 3.08. The van der Waals surface area contributed by atoms with E-state index < -0.39 is 20.9 Å². The summed E-state index contributed by atoms with van der Waals surface area (Å²) in [4.78, 5) is 3.57. The zero-order valence-corrected chi connectivity index (χ0v) is 10.4. The Hall–Kier alpha value is -1.01. The zero-order chi connectivity index (χ0) is 12.5. The number of hydrogen-bond donors (Lipinski definition) is 1. The maximum absolute atomic E-state index is 13.3. The predicted octanol–water partition coefficient (Wildman–Crippen LogP) is 1.69. The first kappa shape index (κ1) is 12.4.